The summed E-state index contributed by atoms with van der Waals surface area (Å²) in [5, 5.41) is 8.86. The lowest BCUT2D eigenvalue weighted by atomic mass is 9.26. The van der Waals surface area contributed by atoms with Gasteiger partial charge in [-0.3, -0.25) is 0 Å². The maximum Gasteiger partial charge on any atom is 0.146 e. The normalized spacial score (nSPS) is 23.9. The van der Waals surface area contributed by atoms with E-state index >= 15 is 0 Å². The Morgan fingerprint density at radius 1 is 1.12 bits per heavy atom. The van der Waals surface area contributed by atoms with Crippen LogP contribution in [-0.4, -0.2) is 53.4 Å². The van der Waals surface area contributed by atoms with Crippen LogP contribution < -0.4 is 0 Å². The van der Waals surface area contributed by atoms with Gasteiger partial charge in [0, 0.05) is 6.20 Å². The topological polar surface area (TPSA) is 30.7 Å². The second-order valence-corrected chi connectivity index (χ2v) is 9.29. The molecular formula is C20H38BN4+. The van der Waals surface area contributed by atoms with E-state index in [4.69, 9.17) is 0 Å². The molecule has 0 N–H and O–H groups in total. The fourth-order valence-corrected chi connectivity index (χ4v) is 5.23. The molecule has 25 heavy (non-hydrogen) atoms. The van der Waals surface area contributed by atoms with Crippen molar-refractivity contribution >= 4 is 6.71 Å². The number of aromatic nitrogens is 3. The third-order valence-corrected chi connectivity index (χ3v) is 6.88. The number of unbranched alkanes of at least 4 members (excludes halogenated alkanes) is 1. The van der Waals surface area contributed by atoms with Gasteiger partial charge in [0.2, 0.25) is 0 Å². The third-order valence-electron chi connectivity index (χ3n) is 6.88. The molecule has 1 aromatic heterocycles. The Hall–Kier alpha value is -0.835. The van der Waals surface area contributed by atoms with E-state index in [1.165, 1.54) is 69.9 Å². The zero-order chi connectivity index (χ0) is 17.7. The minimum absolute atomic E-state index is 0.970. The summed E-state index contributed by atoms with van der Waals surface area (Å²) in [7, 11) is 4.66. The highest BCUT2D eigenvalue weighted by Crippen LogP contribution is 2.47. The molecule has 3 rings (SSSR count). The van der Waals surface area contributed by atoms with Gasteiger partial charge in [-0.05, 0) is 12.8 Å². The van der Waals surface area contributed by atoms with Gasteiger partial charge in [0.1, 0.15) is 6.71 Å². The van der Waals surface area contributed by atoms with Gasteiger partial charge in [0.15, 0.2) is 0 Å². The van der Waals surface area contributed by atoms with Crippen LogP contribution in [0.2, 0.25) is 18.0 Å². The lowest BCUT2D eigenvalue weighted by Gasteiger charge is -2.40. The Kier molecular flexibility index (Phi) is 6.59. The predicted molar refractivity (Wildman–Crippen MR) is 106 cm³/mol. The van der Waals surface area contributed by atoms with Gasteiger partial charge in [-0.2, -0.15) is 0 Å². The molecule has 4 nitrogen and oxygen atoms in total. The number of hydrogen-bond acceptors (Lipinski definition) is 2. The van der Waals surface area contributed by atoms with Gasteiger partial charge >= 0.3 is 0 Å². The van der Waals surface area contributed by atoms with E-state index in [0.717, 1.165) is 42.3 Å². The molecule has 5 heteroatoms. The molecule has 0 radical (unpaired) electrons. The predicted octanol–water partition coefficient (Wildman–Crippen LogP) is 4.30. The molecule has 0 atom stereocenters. The summed E-state index contributed by atoms with van der Waals surface area (Å²) in [6, 6.07) is 0. The average Bonchev–Trinajstić information content (AvgIpc) is 3.04. The summed E-state index contributed by atoms with van der Waals surface area (Å²) in [5.74, 6) is 2.03. The van der Waals surface area contributed by atoms with Gasteiger partial charge < -0.3 is 4.48 Å². The van der Waals surface area contributed by atoms with Crippen LogP contribution in [0, 0.1) is 0 Å². The monoisotopic (exact) mass is 345 g/mol. The SMILES string of the molecule is CCCC[N+](C)(C)CCn1cc(CCB2C3CCCC2CCC3)nn1. The van der Waals surface area contributed by atoms with Crippen molar-refractivity contribution in [1.29, 1.82) is 0 Å². The van der Waals surface area contributed by atoms with E-state index in [1.807, 2.05) is 0 Å². The Labute approximate surface area is 155 Å². The number of nitrogens with zero attached hydrogens (tertiary/aromatic N) is 4. The summed E-state index contributed by atoms with van der Waals surface area (Å²) in [5.41, 5.74) is 1.21. The molecule has 2 aliphatic heterocycles. The van der Waals surface area contributed by atoms with E-state index in [0.29, 0.717) is 0 Å². The minimum atomic E-state index is 0.970. The van der Waals surface area contributed by atoms with Crippen LogP contribution in [0.1, 0.15) is 64.0 Å². The number of hydrogen-bond donors (Lipinski definition) is 0. The zero-order valence-electron chi connectivity index (χ0n) is 16.8. The molecule has 0 spiro atoms. The lowest BCUT2D eigenvalue weighted by Crippen LogP contribution is -2.42. The van der Waals surface area contributed by atoms with Crippen molar-refractivity contribution in [2.75, 3.05) is 27.2 Å². The quantitative estimate of drug-likeness (QED) is 0.493. The number of aryl methyl sites for hydroxylation is 1. The second-order valence-electron chi connectivity index (χ2n) is 9.29. The number of likely N-dealkylation sites (N-methyl/N-ethyl adjacent to an activating group) is 1. The molecule has 2 fully saturated rings. The van der Waals surface area contributed by atoms with E-state index in [-0.39, 0.29) is 0 Å². The van der Waals surface area contributed by atoms with Crippen LogP contribution >= 0.6 is 0 Å². The third kappa shape index (κ3) is 5.32. The Morgan fingerprint density at radius 3 is 2.44 bits per heavy atom. The molecule has 2 aliphatic rings. The molecule has 2 saturated heterocycles. The van der Waals surface area contributed by atoms with Gasteiger partial charge in [0.25, 0.3) is 0 Å². The maximum absolute atomic E-state index is 4.46. The highest BCUT2D eigenvalue weighted by Gasteiger charge is 2.38. The molecule has 0 unspecified atom stereocenters. The fourth-order valence-electron chi connectivity index (χ4n) is 5.23. The van der Waals surface area contributed by atoms with Gasteiger partial charge in [-0.1, -0.05) is 75.0 Å². The van der Waals surface area contributed by atoms with Crippen molar-refractivity contribution in [3.05, 3.63) is 11.9 Å². The van der Waals surface area contributed by atoms with Crippen molar-refractivity contribution in [3.8, 4) is 0 Å². The van der Waals surface area contributed by atoms with Gasteiger partial charge in [-0.25, -0.2) is 4.68 Å². The van der Waals surface area contributed by atoms with Crippen LogP contribution in [0.15, 0.2) is 6.20 Å². The smallest absolute Gasteiger partial charge is 0.146 e. The largest absolute Gasteiger partial charge is 0.327 e. The van der Waals surface area contributed by atoms with Crippen molar-refractivity contribution in [1.82, 2.24) is 15.0 Å². The molecule has 2 bridgehead atoms. The molecule has 1 aromatic rings. The molecule has 0 saturated carbocycles. The summed E-state index contributed by atoms with van der Waals surface area (Å²) in [6.45, 7) is 6.61. The standard InChI is InChI=1S/C20H38BN4/c1-4-5-15-25(2,3)16-14-24-17-20(22-23-24)12-13-21-18-8-6-9-19(21)11-7-10-18/h17-19H,4-16H2,1-3H3/q+1. The zero-order valence-corrected chi connectivity index (χ0v) is 16.8. The minimum Gasteiger partial charge on any atom is -0.327 e. The van der Waals surface area contributed by atoms with E-state index < -0.39 is 0 Å². The van der Waals surface area contributed by atoms with Crippen molar-refractivity contribution in [3.63, 3.8) is 0 Å². The summed E-state index contributed by atoms with van der Waals surface area (Å²) < 4.78 is 3.15. The Morgan fingerprint density at radius 2 is 1.80 bits per heavy atom. The average molecular weight is 345 g/mol. The first-order valence-electron chi connectivity index (χ1n) is 10.8. The van der Waals surface area contributed by atoms with Crippen LogP contribution in [-0.2, 0) is 13.0 Å². The maximum atomic E-state index is 4.46. The summed E-state index contributed by atoms with van der Waals surface area (Å²) in [4.78, 5) is 0. The number of fused-ring (bicyclic) bond motifs is 2. The van der Waals surface area contributed by atoms with Crippen LogP contribution in [0.4, 0.5) is 0 Å². The lowest BCUT2D eigenvalue weighted by molar-refractivity contribution is -0.891. The molecule has 140 valence electrons. The number of rotatable bonds is 9. The first kappa shape index (κ1) is 18.9. The van der Waals surface area contributed by atoms with Crippen molar-refractivity contribution in [2.45, 2.75) is 89.2 Å². The van der Waals surface area contributed by atoms with Crippen molar-refractivity contribution < 1.29 is 4.48 Å². The molecule has 3 heterocycles. The van der Waals surface area contributed by atoms with Gasteiger partial charge in [0.05, 0.1) is 39.4 Å². The molecule has 0 aromatic carbocycles. The first-order valence-corrected chi connectivity index (χ1v) is 10.8. The van der Waals surface area contributed by atoms with Crippen LogP contribution in [0.25, 0.3) is 0 Å². The Bertz CT molecular complexity index is 506. The van der Waals surface area contributed by atoms with E-state index in [1.54, 1.807) is 0 Å². The highest BCUT2D eigenvalue weighted by atomic mass is 15.4. The summed E-state index contributed by atoms with van der Waals surface area (Å²) in [6.07, 6.45) is 16.2. The summed E-state index contributed by atoms with van der Waals surface area (Å²) >= 11 is 0. The highest BCUT2D eigenvalue weighted by molar-refractivity contribution is 6.62. The van der Waals surface area contributed by atoms with E-state index in [9.17, 15) is 0 Å². The Balaban J connectivity index is 1.45. The second kappa shape index (κ2) is 8.70. The van der Waals surface area contributed by atoms with E-state index in [2.05, 4.69) is 42.2 Å². The van der Waals surface area contributed by atoms with Crippen LogP contribution in [0.5, 0.6) is 0 Å². The number of quaternary nitrogens is 1. The molecule has 0 amide bonds. The van der Waals surface area contributed by atoms with Crippen LogP contribution in [0.3, 0.4) is 0 Å². The first-order chi connectivity index (χ1) is 12.1. The molecule has 0 aliphatic carbocycles. The van der Waals surface area contributed by atoms with Crippen molar-refractivity contribution in [2.24, 2.45) is 0 Å². The van der Waals surface area contributed by atoms with Gasteiger partial charge in [-0.15, -0.1) is 5.10 Å². The molecular weight excluding hydrogens is 307 g/mol. The fraction of sp³-hybridized carbons (Fsp3) is 0.900.